The number of ether oxygens (including phenoxy) is 2. The van der Waals surface area contributed by atoms with Crippen molar-refractivity contribution in [1.29, 1.82) is 0 Å². The molecule has 1 saturated carbocycles. The number of sulfonamides is 1. The molecule has 0 unspecified atom stereocenters. The predicted molar refractivity (Wildman–Crippen MR) is 118 cm³/mol. The highest BCUT2D eigenvalue weighted by atomic mass is 32.2. The van der Waals surface area contributed by atoms with Crippen LogP contribution in [0.1, 0.15) is 35.8 Å². The summed E-state index contributed by atoms with van der Waals surface area (Å²) < 4.78 is 54.4. The minimum Gasteiger partial charge on any atom is -0.461 e. The summed E-state index contributed by atoms with van der Waals surface area (Å²) in [6.07, 6.45) is 1.52. The standard InChI is InChI=1S/C22H23FN4O5S/c1-3-31-22(28)20-13(2)21(27(25-20)17-9-4-14(23)5-10-17)32-18-11-6-15(24)12-19(18)33(29,30)26-16-7-8-16/h4-6,9-12,16,26H,3,7-8,24H2,1-2H3. The first-order chi connectivity index (χ1) is 15.7. The van der Waals surface area contributed by atoms with Gasteiger partial charge < -0.3 is 15.2 Å². The zero-order valence-corrected chi connectivity index (χ0v) is 18.9. The van der Waals surface area contributed by atoms with E-state index in [2.05, 4.69) is 9.82 Å². The maximum Gasteiger partial charge on any atom is 0.359 e. The molecule has 9 nitrogen and oxygen atoms in total. The molecule has 1 fully saturated rings. The summed E-state index contributed by atoms with van der Waals surface area (Å²) in [5.41, 5.74) is 6.81. The van der Waals surface area contributed by atoms with Crippen molar-refractivity contribution in [2.45, 2.75) is 37.6 Å². The van der Waals surface area contributed by atoms with E-state index in [0.717, 1.165) is 12.8 Å². The third-order valence-corrected chi connectivity index (χ3v) is 6.51. The number of nitrogens with zero attached hydrogens (tertiary/aromatic N) is 2. The van der Waals surface area contributed by atoms with Crippen molar-refractivity contribution in [3.8, 4) is 17.3 Å². The van der Waals surface area contributed by atoms with E-state index >= 15 is 0 Å². The molecular formula is C22H23FN4O5S. The highest BCUT2D eigenvalue weighted by molar-refractivity contribution is 7.89. The van der Waals surface area contributed by atoms with E-state index in [1.165, 1.54) is 47.1 Å². The number of rotatable bonds is 8. The Balaban J connectivity index is 1.82. The molecule has 1 aliphatic rings. The lowest BCUT2D eigenvalue weighted by atomic mass is 10.2. The third-order valence-electron chi connectivity index (χ3n) is 4.97. The summed E-state index contributed by atoms with van der Waals surface area (Å²) in [5.74, 6) is -1.04. The largest absolute Gasteiger partial charge is 0.461 e. The van der Waals surface area contributed by atoms with Gasteiger partial charge in [0.2, 0.25) is 15.9 Å². The Morgan fingerprint density at radius 2 is 1.94 bits per heavy atom. The number of nitrogen functional groups attached to an aromatic ring is 1. The molecule has 1 aliphatic carbocycles. The topological polar surface area (TPSA) is 126 Å². The number of halogens is 1. The van der Waals surface area contributed by atoms with Gasteiger partial charge in [-0.25, -0.2) is 22.3 Å². The van der Waals surface area contributed by atoms with E-state index in [1.807, 2.05) is 0 Å². The summed E-state index contributed by atoms with van der Waals surface area (Å²) in [7, 11) is -3.91. The molecule has 4 rings (SSSR count). The minimum absolute atomic E-state index is 0.000814. The molecule has 0 bridgehead atoms. The van der Waals surface area contributed by atoms with E-state index in [1.54, 1.807) is 13.8 Å². The average molecular weight is 475 g/mol. The SMILES string of the molecule is CCOC(=O)c1nn(-c2ccc(F)cc2)c(Oc2ccc(N)cc2S(=O)(=O)NC2CC2)c1C. The van der Waals surface area contributed by atoms with E-state index in [-0.39, 0.29) is 40.6 Å². The number of carbonyl (C=O) groups is 1. The predicted octanol–water partition coefficient (Wildman–Crippen LogP) is 3.31. The Labute approximate surface area is 190 Å². The Hall–Kier alpha value is -3.44. The van der Waals surface area contributed by atoms with Crippen molar-refractivity contribution < 1.29 is 27.1 Å². The van der Waals surface area contributed by atoms with Gasteiger partial charge in [-0.1, -0.05) is 0 Å². The molecule has 0 spiro atoms. The number of carbonyl (C=O) groups excluding carboxylic acids is 1. The molecule has 2 aromatic carbocycles. The van der Waals surface area contributed by atoms with Crippen molar-refractivity contribution in [3.05, 3.63) is 59.5 Å². The lowest BCUT2D eigenvalue weighted by Gasteiger charge is -2.15. The first kappa shape index (κ1) is 22.7. The Morgan fingerprint density at radius 1 is 1.24 bits per heavy atom. The van der Waals surface area contributed by atoms with Gasteiger partial charge in [-0.2, -0.15) is 9.78 Å². The second kappa shape index (κ2) is 8.83. The zero-order valence-electron chi connectivity index (χ0n) is 18.0. The fourth-order valence-electron chi connectivity index (χ4n) is 3.16. The summed E-state index contributed by atoms with van der Waals surface area (Å²) >= 11 is 0. The molecule has 0 saturated heterocycles. The van der Waals surface area contributed by atoms with Crippen LogP contribution in [-0.4, -0.2) is 36.8 Å². The average Bonchev–Trinajstić information content (AvgIpc) is 3.51. The molecule has 11 heteroatoms. The van der Waals surface area contributed by atoms with Gasteiger partial charge in [-0.05, 0) is 69.2 Å². The summed E-state index contributed by atoms with van der Waals surface area (Å²) in [6, 6.07) is 9.51. The lowest BCUT2D eigenvalue weighted by molar-refractivity contribution is 0.0518. The normalized spacial score (nSPS) is 13.7. The van der Waals surface area contributed by atoms with Crippen LogP contribution in [0.4, 0.5) is 10.1 Å². The zero-order chi connectivity index (χ0) is 23.8. The molecule has 174 valence electrons. The molecule has 33 heavy (non-hydrogen) atoms. The number of esters is 1. The fraction of sp³-hybridized carbons (Fsp3) is 0.273. The first-order valence-corrected chi connectivity index (χ1v) is 11.8. The molecule has 3 aromatic rings. The van der Waals surface area contributed by atoms with Crippen LogP contribution in [-0.2, 0) is 14.8 Å². The van der Waals surface area contributed by atoms with E-state index in [9.17, 15) is 17.6 Å². The van der Waals surface area contributed by atoms with Crippen LogP contribution >= 0.6 is 0 Å². The van der Waals surface area contributed by atoms with E-state index in [4.69, 9.17) is 15.2 Å². The number of anilines is 1. The number of hydrogen-bond acceptors (Lipinski definition) is 7. The molecule has 3 N–H and O–H groups in total. The highest BCUT2D eigenvalue weighted by Crippen LogP contribution is 2.35. The molecule has 0 amide bonds. The molecule has 0 atom stereocenters. The van der Waals surface area contributed by atoms with E-state index < -0.39 is 21.8 Å². The van der Waals surface area contributed by atoms with Crippen molar-refractivity contribution in [2.24, 2.45) is 0 Å². The van der Waals surface area contributed by atoms with E-state index in [0.29, 0.717) is 11.3 Å². The van der Waals surface area contributed by atoms with Crippen molar-refractivity contribution >= 4 is 21.7 Å². The maximum atomic E-state index is 13.5. The number of hydrogen-bond donors (Lipinski definition) is 2. The number of nitrogens with two attached hydrogens (primary N) is 1. The van der Waals surface area contributed by atoms with Crippen molar-refractivity contribution in [2.75, 3.05) is 12.3 Å². The van der Waals surface area contributed by atoms with Gasteiger partial charge in [0, 0.05) is 17.3 Å². The van der Waals surface area contributed by atoms with Gasteiger partial charge in [0.15, 0.2) is 5.69 Å². The quantitative estimate of drug-likeness (QED) is 0.379. The minimum atomic E-state index is -3.91. The van der Waals surface area contributed by atoms with Gasteiger partial charge in [0.05, 0.1) is 12.3 Å². The fourth-order valence-corrected chi connectivity index (χ4v) is 4.63. The van der Waals surface area contributed by atoms with Crippen LogP contribution in [0, 0.1) is 12.7 Å². The summed E-state index contributed by atoms with van der Waals surface area (Å²) in [5, 5.41) is 4.30. The highest BCUT2D eigenvalue weighted by Gasteiger charge is 2.31. The second-order valence-corrected chi connectivity index (χ2v) is 9.27. The van der Waals surface area contributed by atoms with Crippen LogP contribution in [0.25, 0.3) is 5.69 Å². The summed E-state index contributed by atoms with van der Waals surface area (Å²) in [6.45, 7) is 3.41. The van der Waals surface area contributed by atoms with Gasteiger partial charge >= 0.3 is 5.97 Å². The maximum absolute atomic E-state index is 13.5. The molecule has 0 aliphatic heterocycles. The Kier molecular flexibility index (Phi) is 6.09. The summed E-state index contributed by atoms with van der Waals surface area (Å²) in [4.78, 5) is 12.3. The van der Waals surface area contributed by atoms with Crippen LogP contribution in [0.2, 0.25) is 0 Å². The Morgan fingerprint density at radius 3 is 2.58 bits per heavy atom. The first-order valence-electron chi connectivity index (χ1n) is 10.3. The molecular weight excluding hydrogens is 451 g/mol. The third kappa shape index (κ3) is 4.83. The van der Waals surface area contributed by atoms with Gasteiger partial charge in [-0.3, -0.25) is 0 Å². The van der Waals surface area contributed by atoms with Crippen molar-refractivity contribution in [3.63, 3.8) is 0 Å². The van der Waals surface area contributed by atoms with Gasteiger partial charge in [-0.15, -0.1) is 0 Å². The molecule has 1 aromatic heterocycles. The van der Waals surface area contributed by atoms with Crippen LogP contribution in [0.15, 0.2) is 47.4 Å². The van der Waals surface area contributed by atoms with Crippen molar-refractivity contribution in [1.82, 2.24) is 14.5 Å². The van der Waals surface area contributed by atoms with Gasteiger partial charge in [0.25, 0.3) is 0 Å². The van der Waals surface area contributed by atoms with Crippen LogP contribution in [0.3, 0.4) is 0 Å². The Bertz CT molecular complexity index is 1300. The van der Waals surface area contributed by atoms with Crippen LogP contribution < -0.4 is 15.2 Å². The second-order valence-electron chi connectivity index (χ2n) is 7.59. The number of nitrogens with one attached hydrogen (secondary N) is 1. The molecule has 0 radical (unpaired) electrons. The van der Waals surface area contributed by atoms with Crippen LogP contribution in [0.5, 0.6) is 11.6 Å². The smallest absolute Gasteiger partial charge is 0.359 e. The van der Waals surface area contributed by atoms with Gasteiger partial charge in [0.1, 0.15) is 16.5 Å². The lowest BCUT2D eigenvalue weighted by Crippen LogP contribution is -2.26. The number of aromatic nitrogens is 2. The number of benzene rings is 2. The molecule has 1 heterocycles. The monoisotopic (exact) mass is 474 g/mol.